The van der Waals surface area contributed by atoms with Crippen LogP contribution >= 0.6 is 15.9 Å². The highest BCUT2D eigenvalue weighted by Gasteiger charge is 2.15. The van der Waals surface area contributed by atoms with Crippen LogP contribution in [0.1, 0.15) is 0 Å². The van der Waals surface area contributed by atoms with Crippen molar-refractivity contribution in [2.24, 2.45) is 0 Å². The fourth-order valence-electron chi connectivity index (χ4n) is 1.26. The molecule has 1 heterocycles. The number of para-hydroxylation sites is 1. The number of aromatic nitrogens is 2. The van der Waals surface area contributed by atoms with Crippen LogP contribution in [0.5, 0.6) is 0 Å². The highest BCUT2D eigenvalue weighted by atomic mass is 79.9. The summed E-state index contributed by atoms with van der Waals surface area (Å²) in [7, 11) is -3.24. The number of hydrogen-bond acceptors (Lipinski definition) is 3. The van der Waals surface area contributed by atoms with Gasteiger partial charge >= 0.3 is 0 Å². The Balaban J connectivity index is 2.90. The molecule has 6 heteroatoms. The summed E-state index contributed by atoms with van der Waals surface area (Å²) in [6.07, 6.45) is 1.15. The lowest BCUT2D eigenvalue weighted by atomic mass is 10.3. The number of benzene rings is 1. The third-order valence-electron chi connectivity index (χ3n) is 1.87. The molecule has 1 aromatic heterocycles. The van der Waals surface area contributed by atoms with Gasteiger partial charge in [0.2, 0.25) is 0 Å². The van der Waals surface area contributed by atoms with Gasteiger partial charge in [-0.2, -0.15) is 5.10 Å². The molecule has 0 atom stereocenters. The van der Waals surface area contributed by atoms with Gasteiger partial charge in [0.1, 0.15) is 5.52 Å². The van der Waals surface area contributed by atoms with Crippen LogP contribution in [-0.2, 0) is 9.84 Å². The van der Waals surface area contributed by atoms with E-state index >= 15 is 0 Å². The highest BCUT2D eigenvalue weighted by Crippen LogP contribution is 2.26. The predicted octanol–water partition coefficient (Wildman–Crippen LogP) is 1.73. The zero-order chi connectivity index (χ0) is 10.3. The summed E-state index contributed by atoms with van der Waals surface area (Å²) in [5.41, 5.74) is 0.632. The van der Waals surface area contributed by atoms with E-state index in [1.165, 1.54) is 0 Å². The first kappa shape index (κ1) is 9.67. The van der Waals surface area contributed by atoms with Gasteiger partial charge in [-0.15, -0.1) is 0 Å². The number of hydrogen-bond donors (Lipinski definition) is 1. The van der Waals surface area contributed by atoms with E-state index in [1.807, 2.05) is 6.07 Å². The highest BCUT2D eigenvalue weighted by molar-refractivity contribution is 9.10. The smallest absolute Gasteiger partial charge is 0.192 e. The minimum absolute atomic E-state index is 0.161. The molecule has 0 saturated heterocycles. The van der Waals surface area contributed by atoms with Crippen molar-refractivity contribution in [1.82, 2.24) is 10.2 Å². The summed E-state index contributed by atoms with van der Waals surface area (Å²) in [4.78, 5) is 0. The van der Waals surface area contributed by atoms with Crippen molar-refractivity contribution >= 4 is 36.7 Å². The zero-order valence-corrected chi connectivity index (χ0v) is 9.68. The molecule has 0 bridgehead atoms. The minimum atomic E-state index is -3.24. The van der Waals surface area contributed by atoms with Crippen molar-refractivity contribution in [2.45, 2.75) is 5.03 Å². The van der Waals surface area contributed by atoms with Crippen LogP contribution < -0.4 is 0 Å². The maximum Gasteiger partial charge on any atom is 0.192 e. The maximum atomic E-state index is 11.3. The third-order valence-corrected chi connectivity index (χ3v) is 3.56. The Bertz CT molecular complexity index is 588. The quantitative estimate of drug-likeness (QED) is 0.862. The van der Waals surface area contributed by atoms with Crippen molar-refractivity contribution in [3.8, 4) is 0 Å². The number of aromatic amines is 1. The van der Waals surface area contributed by atoms with Crippen molar-refractivity contribution in [1.29, 1.82) is 0 Å². The van der Waals surface area contributed by atoms with Gasteiger partial charge in [0, 0.05) is 16.1 Å². The molecule has 0 saturated carbocycles. The number of sulfone groups is 1. The molecule has 0 radical (unpaired) electrons. The average Bonchev–Trinajstić information content (AvgIpc) is 2.47. The summed E-state index contributed by atoms with van der Waals surface area (Å²) in [5.74, 6) is 0. The van der Waals surface area contributed by atoms with E-state index in [0.717, 1.165) is 10.7 Å². The normalized spacial score (nSPS) is 12.1. The van der Waals surface area contributed by atoms with Crippen LogP contribution in [0.4, 0.5) is 0 Å². The molecule has 0 aliphatic rings. The van der Waals surface area contributed by atoms with E-state index in [4.69, 9.17) is 0 Å². The third kappa shape index (κ3) is 1.44. The summed E-state index contributed by atoms with van der Waals surface area (Å²) < 4.78 is 23.4. The van der Waals surface area contributed by atoms with Gasteiger partial charge in [0.25, 0.3) is 0 Å². The van der Waals surface area contributed by atoms with E-state index in [-0.39, 0.29) is 5.03 Å². The van der Waals surface area contributed by atoms with Crippen LogP contribution in [0.25, 0.3) is 10.9 Å². The molecule has 1 aromatic carbocycles. The lowest BCUT2D eigenvalue weighted by Crippen LogP contribution is -1.97. The van der Waals surface area contributed by atoms with Gasteiger partial charge in [-0.05, 0) is 28.1 Å². The fraction of sp³-hybridized carbons (Fsp3) is 0.125. The van der Waals surface area contributed by atoms with Crippen LogP contribution in [0.2, 0.25) is 0 Å². The molecule has 0 spiro atoms. The first-order valence-electron chi connectivity index (χ1n) is 3.83. The lowest BCUT2D eigenvalue weighted by molar-refractivity contribution is 0.598. The summed E-state index contributed by atoms with van der Waals surface area (Å²) in [6.45, 7) is 0. The molecule has 0 amide bonds. The molecule has 74 valence electrons. The molecule has 0 aliphatic carbocycles. The Kier molecular flexibility index (Phi) is 2.11. The van der Waals surface area contributed by atoms with E-state index in [2.05, 4.69) is 26.1 Å². The number of rotatable bonds is 1. The predicted molar refractivity (Wildman–Crippen MR) is 56.9 cm³/mol. The van der Waals surface area contributed by atoms with Crippen LogP contribution in [0.15, 0.2) is 27.7 Å². The standard InChI is InChI=1S/C8H7BrN2O2S/c1-14(12,13)8-5-3-2-4-6(9)7(5)10-11-8/h2-4H,1H3,(H,10,11). The first-order chi connectivity index (χ1) is 6.50. The van der Waals surface area contributed by atoms with Crippen LogP contribution in [0.3, 0.4) is 0 Å². The zero-order valence-electron chi connectivity index (χ0n) is 7.28. The van der Waals surface area contributed by atoms with Crippen LogP contribution in [-0.4, -0.2) is 24.9 Å². The number of halogens is 1. The molecule has 4 nitrogen and oxygen atoms in total. The van der Waals surface area contributed by atoms with Crippen molar-refractivity contribution in [3.05, 3.63) is 22.7 Å². The molecule has 0 aliphatic heterocycles. The molecular weight excluding hydrogens is 268 g/mol. The van der Waals surface area contributed by atoms with Gasteiger partial charge in [-0.3, -0.25) is 5.10 Å². The van der Waals surface area contributed by atoms with E-state index < -0.39 is 9.84 Å². The monoisotopic (exact) mass is 274 g/mol. The summed E-state index contributed by atoms with van der Waals surface area (Å²) >= 11 is 3.30. The van der Waals surface area contributed by atoms with Gasteiger partial charge < -0.3 is 0 Å². The SMILES string of the molecule is CS(=O)(=O)c1[nH]nc2c(Br)cccc12. The number of nitrogens with zero attached hydrogens (tertiary/aromatic N) is 1. The van der Waals surface area contributed by atoms with Crippen molar-refractivity contribution < 1.29 is 8.42 Å². The Morgan fingerprint density at radius 1 is 1.43 bits per heavy atom. The van der Waals surface area contributed by atoms with Gasteiger partial charge in [-0.25, -0.2) is 8.42 Å². The van der Waals surface area contributed by atoms with Gasteiger partial charge in [0.15, 0.2) is 14.9 Å². The summed E-state index contributed by atoms with van der Waals surface area (Å²) in [5, 5.41) is 7.23. The Labute approximate surface area is 89.4 Å². The fourth-order valence-corrected chi connectivity index (χ4v) is 2.49. The van der Waals surface area contributed by atoms with Gasteiger partial charge in [0.05, 0.1) is 0 Å². The molecule has 2 rings (SSSR count). The number of H-pyrrole nitrogens is 1. The van der Waals surface area contributed by atoms with Crippen molar-refractivity contribution in [2.75, 3.05) is 6.26 Å². The lowest BCUT2D eigenvalue weighted by Gasteiger charge is -1.94. The second kappa shape index (κ2) is 3.06. The van der Waals surface area contributed by atoms with E-state index in [0.29, 0.717) is 10.9 Å². The second-order valence-corrected chi connectivity index (χ2v) is 5.77. The molecule has 0 unspecified atom stereocenters. The number of fused-ring (bicyclic) bond motifs is 1. The van der Waals surface area contributed by atoms with E-state index in [9.17, 15) is 8.42 Å². The summed E-state index contributed by atoms with van der Waals surface area (Å²) in [6, 6.07) is 5.31. The number of nitrogens with one attached hydrogen (secondary N) is 1. The Morgan fingerprint density at radius 2 is 2.14 bits per heavy atom. The van der Waals surface area contributed by atoms with Crippen LogP contribution in [0, 0.1) is 0 Å². The maximum absolute atomic E-state index is 11.3. The van der Waals surface area contributed by atoms with Crippen molar-refractivity contribution in [3.63, 3.8) is 0 Å². The van der Waals surface area contributed by atoms with Gasteiger partial charge in [-0.1, -0.05) is 6.07 Å². The molecule has 0 fully saturated rings. The molecule has 14 heavy (non-hydrogen) atoms. The second-order valence-electron chi connectivity index (χ2n) is 2.96. The average molecular weight is 275 g/mol. The molecular formula is C8H7BrN2O2S. The largest absolute Gasteiger partial charge is 0.266 e. The van der Waals surface area contributed by atoms with E-state index in [1.54, 1.807) is 12.1 Å². The molecule has 1 N–H and O–H groups in total. The first-order valence-corrected chi connectivity index (χ1v) is 6.51. The minimum Gasteiger partial charge on any atom is -0.266 e. The molecule has 2 aromatic rings. The Hall–Kier alpha value is -0.880. The topological polar surface area (TPSA) is 62.8 Å². The Morgan fingerprint density at radius 3 is 2.79 bits per heavy atom.